The Morgan fingerprint density at radius 1 is 1.22 bits per heavy atom. The summed E-state index contributed by atoms with van der Waals surface area (Å²) in [5, 5.41) is 0. The lowest BCUT2D eigenvalue weighted by atomic mass is 9.86. The first-order chi connectivity index (χ1) is 8.62. The fraction of sp³-hybridized carbons (Fsp3) is 1.00. The zero-order valence-corrected chi connectivity index (χ0v) is 12.5. The lowest BCUT2D eigenvalue weighted by Gasteiger charge is -2.44. The molecule has 1 saturated heterocycles. The lowest BCUT2D eigenvalue weighted by Crippen LogP contribution is -2.55. The number of piperidine rings is 1. The van der Waals surface area contributed by atoms with Gasteiger partial charge in [-0.15, -0.1) is 0 Å². The Morgan fingerprint density at radius 3 is 2.28 bits per heavy atom. The van der Waals surface area contributed by atoms with Gasteiger partial charge in [-0.1, -0.05) is 6.92 Å². The molecule has 2 N–H and O–H groups in total. The van der Waals surface area contributed by atoms with E-state index in [9.17, 15) is 0 Å². The minimum Gasteiger partial charge on any atom is -0.329 e. The van der Waals surface area contributed by atoms with Crippen LogP contribution >= 0.6 is 0 Å². The van der Waals surface area contributed by atoms with Gasteiger partial charge in [-0.3, -0.25) is 4.90 Å². The monoisotopic (exact) mass is 253 g/mol. The molecule has 2 fully saturated rings. The molecule has 1 aliphatic heterocycles. The largest absolute Gasteiger partial charge is 0.329 e. The zero-order chi connectivity index (χ0) is 13.2. The third-order valence-electron chi connectivity index (χ3n) is 5.43. The lowest BCUT2D eigenvalue weighted by molar-refractivity contribution is 0.0647. The van der Waals surface area contributed by atoms with Crippen molar-refractivity contribution in [2.24, 2.45) is 17.6 Å². The van der Waals surface area contributed by atoms with Gasteiger partial charge in [0.25, 0.3) is 0 Å². The minimum absolute atomic E-state index is 0.295. The highest BCUT2D eigenvalue weighted by Crippen LogP contribution is 2.44. The molecule has 2 aliphatic rings. The van der Waals surface area contributed by atoms with Crippen LogP contribution in [0.5, 0.6) is 0 Å². The number of nitrogens with two attached hydrogens (primary N) is 1. The number of nitrogens with zero attached hydrogens (tertiary/aromatic N) is 2. The third-order valence-corrected chi connectivity index (χ3v) is 5.43. The fourth-order valence-corrected chi connectivity index (χ4v) is 3.77. The van der Waals surface area contributed by atoms with Gasteiger partial charge >= 0.3 is 0 Å². The molecule has 1 atom stereocenters. The van der Waals surface area contributed by atoms with E-state index in [1.54, 1.807) is 0 Å². The molecular weight excluding hydrogens is 222 g/mol. The van der Waals surface area contributed by atoms with Crippen molar-refractivity contribution < 1.29 is 0 Å². The zero-order valence-electron chi connectivity index (χ0n) is 12.5. The minimum atomic E-state index is 0.295. The molecule has 1 heterocycles. The normalized spacial score (nSPS) is 26.5. The predicted octanol–water partition coefficient (Wildman–Crippen LogP) is 1.78. The van der Waals surface area contributed by atoms with E-state index in [0.717, 1.165) is 18.4 Å². The van der Waals surface area contributed by atoms with Crippen molar-refractivity contribution in [3.05, 3.63) is 0 Å². The van der Waals surface area contributed by atoms with Crippen LogP contribution in [0.3, 0.4) is 0 Å². The number of rotatable bonds is 6. The summed E-state index contributed by atoms with van der Waals surface area (Å²) in [5.74, 6) is 1.74. The van der Waals surface area contributed by atoms with Gasteiger partial charge in [-0.05, 0) is 71.1 Å². The van der Waals surface area contributed by atoms with E-state index in [0.29, 0.717) is 5.54 Å². The van der Waals surface area contributed by atoms with Crippen molar-refractivity contribution in [1.29, 1.82) is 0 Å². The third kappa shape index (κ3) is 2.89. The van der Waals surface area contributed by atoms with Crippen LogP contribution in [-0.4, -0.2) is 55.6 Å². The highest BCUT2D eigenvalue weighted by Gasteiger charge is 2.46. The summed E-state index contributed by atoms with van der Waals surface area (Å²) >= 11 is 0. The molecule has 0 aromatic heterocycles. The molecule has 1 unspecified atom stereocenters. The molecule has 106 valence electrons. The Labute approximate surface area is 113 Å². The van der Waals surface area contributed by atoms with Crippen LogP contribution in [0.2, 0.25) is 0 Å². The Hall–Kier alpha value is -0.120. The molecule has 3 heteroatoms. The maximum Gasteiger partial charge on any atom is 0.0354 e. The maximum atomic E-state index is 6.14. The SMILES string of the molecule is CCC(CN)(C1CC1)N(C)CC1CCN(C)CC1. The topological polar surface area (TPSA) is 32.5 Å². The van der Waals surface area contributed by atoms with Gasteiger partial charge in [0.05, 0.1) is 0 Å². The molecule has 2 rings (SSSR count). The van der Waals surface area contributed by atoms with E-state index in [1.165, 1.54) is 51.7 Å². The van der Waals surface area contributed by atoms with Crippen molar-refractivity contribution in [2.75, 3.05) is 40.3 Å². The van der Waals surface area contributed by atoms with E-state index < -0.39 is 0 Å². The van der Waals surface area contributed by atoms with Gasteiger partial charge in [-0.25, -0.2) is 0 Å². The van der Waals surface area contributed by atoms with Crippen LogP contribution < -0.4 is 5.73 Å². The molecule has 1 saturated carbocycles. The standard InChI is InChI=1S/C15H31N3/c1-4-15(12-16,14-5-6-14)18(3)11-13-7-9-17(2)10-8-13/h13-14H,4-12,16H2,1-3H3. The molecule has 1 aliphatic carbocycles. The molecule has 18 heavy (non-hydrogen) atoms. The van der Waals surface area contributed by atoms with Crippen molar-refractivity contribution in [1.82, 2.24) is 9.80 Å². The summed E-state index contributed by atoms with van der Waals surface area (Å²) in [7, 11) is 4.55. The van der Waals surface area contributed by atoms with Gasteiger partial charge in [0.1, 0.15) is 0 Å². The van der Waals surface area contributed by atoms with Gasteiger partial charge in [0.2, 0.25) is 0 Å². The molecule has 0 amide bonds. The molecule has 0 aromatic rings. The summed E-state index contributed by atoms with van der Waals surface area (Å²) in [6.45, 7) is 6.93. The van der Waals surface area contributed by atoms with Crippen molar-refractivity contribution in [3.63, 3.8) is 0 Å². The van der Waals surface area contributed by atoms with Crippen LogP contribution in [0.15, 0.2) is 0 Å². The van der Waals surface area contributed by atoms with Crippen LogP contribution in [0.1, 0.15) is 39.0 Å². The smallest absolute Gasteiger partial charge is 0.0354 e. The van der Waals surface area contributed by atoms with Gasteiger partial charge in [0, 0.05) is 18.6 Å². The highest BCUT2D eigenvalue weighted by molar-refractivity contribution is 5.02. The summed E-state index contributed by atoms with van der Waals surface area (Å²) in [6.07, 6.45) is 6.70. The number of likely N-dealkylation sites (tertiary alicyclic amines) is 1. The van der Waals surface area contributed by atoms with E-state index in [-0.39, 0.29) is 0 Å². The number of likely N-dealkylation sites (N-methyl/N-ethyl adjacent to an activating group) is 1. The van der Waals surface area contributed by atoms with E-state index in [2.05, 4.69) is 30.8 Å². The molecule has 0 spiro atoms. The van der Waals surface area contributed by atoms with E-state index in [4.69, 9.17) is 5.73 Å². The second-order valence-corrected chi connectivity index (χ2v) is 6.56. The number of hydrogen-bond acceptors (Lipinski definition) is 3. The second-order valence-electron chi connectivity index (χ2n) is 6.56. The summed E-state index contributed by atoms with van der Waals surface area (Å²) < 4.78 is 0. The Balaban J connectivity index is 1.90. The van der Waals surface area contributed by atoms with Crippen molar-refractivity contribution >= 4 is 0 Å². The van der Waals surface area contributed by atoms with Gasteiger partial charge in [-0.2, -0.15) is 0 Å². The van der Waals surface area contributed by atoms with Gasteiger partial charge < -0.3 is 10.6 Å². The summed E-state index contributed by atoms with van der Waals surface area (Å²) in [5.41, 5.74) is 6.43. The van der Waals surface area contributed by atoms with Crippen LogP contribution in [0.4, 0.5) is 0 Å². The first kappa shape index (κ1) is 14.3. The Morgan fingerprint density at radius 2 is 1.83 bits per heavy atom. The highest BCUT2D eigenvalue weighted by atomic mass is 15.2. The first-order valence-corrected chi connectivity index (χ1v) is 7.72. The first-order valence-electron chi connectivity index (χ1n) is 7.72. The summed E-state index contributed by atoms with van der Waals surface area (Å²) in [6, 6.07) is 0. The summed E-state index contributed by atoms with van der Waals surface area (Å²) in [4.78, 5) is 5.06. The van der Waals surface area contributed by atoms with E-state index in [1.807, 2.05) is 0 Å². The average molecular weight is 253 g/mol. The molecule has 0 aromatic carbocycles. The Kier molecular flexibility index (Phi) is 4.68. The molecular formula is C15H31N3. The van der Waals surface area contributed by atoms with Crippen LogP contribution in [0.25, 0.3) is 0 Å². The fourth-order valence-electron chi connectivity index (χ4n) is 3.77. The van der Waals surface area contributed by atoms with Crippen LogP contribution in [0, 0.1) is 11.8 Å². The molecule has 3 nitrogen and oxygen atoms in total. The predicted molar refractivity (Wildman–Crippen MR) is 77.7 cm³/mol. The second kappa shape index (κ2) is 5.89. The quantitative estimate of drug-likeness (QED) is 0.783. The molecule has 0 radical (unpaired) electrons. The molecule has 0 bridgehead atoms. The average Bonchev–Trinajstić information content (AvgIpc) is 3.19. The van der Waals surface area contributed by atoms with E-state index >= 15 is 0 Å². The van der Waals surface area contributed by atoms with Gasteiger partial charge in [0.15, 0.2) is 0 Å². The number of hydrogen-bond donors (Lipinski definition) is 1. The van der Waals surface area contributed by atoms with Crippen LogP contribution in [-0.2, 0) is 0 Å². The Bertz CT molecular complexity index is 250. The van der Waals surface area contributed by atoms with Crippen molar-refractivity contribution in [3.8, 4) is 0 Å². The maximum absolute atomic E-state index is 6.14. The van der Waals surface area contributed by atoms with Crippen molar-refractivity contribution in [2.45, 2.75) is 44.6 Å².